The highest BCUT2D eigenvalue weighted by atomic mass is 16.5. The number of nitrogens with zero attached hydrogens (tertiary/aromatic N) is 1. The smallest absolute Gasteiger partial charge is 0.142 e. The number of nitrogens with one attached hydrogen (secondary N) is 1. The van der Waals surface area contributed by atoms with Gasteiger partial charge in [-0.2, -0.15) is 0 Å². The van der Waals surface area contributed by atoms with E-state index in [-0.39, 0.29) is 6.04 Å². The van der Waals surface area contributed by atoms with Gasteiger partial charge in [-0.15, -0.1) is 0 Å². The molecule has 0 spiro atoms. The molecule has 0 aliphatic carbocycles. The average molecular weight is 298 g/mol. The van der Waals surface area contributed by atoms with E-state index in [1.165, 1.54) is 0 Å². The van der Waals surface area contributed by atoms with E-state index in [1.807, 2.05) is 43.4 Å². The minimum atomic E-state index is -0.501. The molecule has 116 valence electrons. The first-order valence-electron chi connectivity index (χ1n) is 7.67. The van der Waals surface area contributed by atoms with Gasteiger partial charge < -0.3 is 20.1 Å². The first-order chi connectivity index (χ1) is 10.8. The van der Waals surface area contributed by atoms with Gasteiger partial charge in [-0.1, -0.05) is 42.5 Å². The number of fused-ring (bicyclic) bond motifs is 1. The summed E-state index contributed by atoms with van der Waals surface area (Å²) in [4.78, 5) is 2.25. The Kier molecular flexibility index (Phi) is 4.61. The SMILES string of the molecule is CNCC(O)C(c1ccccc1)N1CCOc2ccccc21. The topological polar surface area (TPSA) is 44.7 Å². The van der Waals surface area contributed by atoms with E-state index < -0.39 is 6.10 Å². The summed E-state index contributed by atoms with van der Waals surface area (Å²) in [6.07, 6.45) is -0.501. The van der Waals surface area contributed by atoms with Gasteiger partial charge in [0, 0.05) is 6.54 Å². The van der Waals surface area contributed by atoms with Crippen molar-refractivity contribution in [1.29, 1.82) is 0 Å². The lowest BCUT2D eigenvalue weighted by molar-refractivity contribution is 0.135. The molecule has 2 unspecified atom stereocenters. The van der Waals surface area contributed by atoms with Crippen LogP contribution in [-0.4, -0.2) is 38.0 Å². The van der Waals surface area contributed by atoms with Crippen LogP contribution >= 0.6 is 0 Å². The Morgan fingerprint density at radius 3 is 2.64 bits per heavy atom. The van der Waals surface area contributed by atoms with E-state index in [0.29, 0.717) is 13.2 Å². The standard InChI is InChI=1S/C18H22N2O2/c1-19-13-16(21)18(14-7-3-2-4-8-14)20-11-12-22-17-10-6-5-9-15(17)20/h2-10,16,18-19,21H,11-13H2,1H3. The average Bonchev–Trinajstić information content (AvgIpc) is 2.57. The van der Waals surface area contributed by atoms with Crippen molar-refractivity contribution < 1.29 is 9.84 Å². The predicted octanol–water partition coefficient (Wildman–Crippen LogP) is 2.21. The molecular weight excluding hydrogens is 276 g/mol. The Labute approximate surface area is 131 Å². The molecule has 2 atom stereocenters. The maximum Gasteiger partial charge on any atom is 0.142 e. The van der Waals surface area contributed by atoms with Crippen molar-refractivity contribution in [3.8, 4) is 5.75 Å². The lowest BCUT2D eigenvalue weighted by Crippen LogP contribution is -2.44. The van der Waals surface area contributed by atoms with E-state index in [9.17, 15) is 5.11 Å². The minimum Gasteiger partial charge on any atom is -0.490 e. The third-order valence-electron chi connectivity index (χ3n) is 4.02. The molecule has 0 amide bonds. The molecule has 0 saturated heterocycles. The van der Waals surface area contributed by atoms with Crippen molar-refractivity contribution >= 4 is 5.69 Å². The fraction of sp³-hybridized carbons (Fsp3) is 0.333. The monoisotopic (exact) mass is 298 g/mol. The molecule has 2 aromatic rings. The molecule has 4 nitrogen and oxygen atoms in total. The van der Waals surface area contributed by atoms with E-state index in [0.717, 1.165) is 23.5 Å². The first-order valence-corrected chi connectivity index (χ1v) is 7.67. The lowest BCUT2D eigenvalue weighted by Gasteiger charge is -2.40. The summed E-state index contributed by atoms with van der Waals surface area (Å²) < 4.78 is 5.74. The number of hydrogen-bond acceptors (Lipinski definition) is 4. The van der Waals surface area contributed by atoms with Crippen LogP contribution in [0.4, 0.5) is 5.69 Å². The van der Waals surface area contributed by atoms with Gasteiger partial charge >= 0.3 is 0 Å². The van der Waals surface area contributed by atoms with Crippen LogP contribution in [0.2, 0.25) is 0 Å². The highest BCUT2D eigenvalue weighted by Crippen LogP contribution is 2.38. The second-order valence-electron chi connectivity index (χ2n) is 5.49. The van der Waals surface area contributed by atoms with E-state index in [4.69, 9.17) is 4.74 Å². The second-order valence-corrected chi connectivity index (χ2v) is 5.49. The summed E-state index contributed by atoms with van der Waals surface area (Å²) in [7, 11) is 1.86. The van der Waals surface area contributed by atoms with Gasteiger partial charge in [0.2, 0.25) is 0 Å². The van der Waals surface area contributed by atoms with Gasteiger partial charge in [-0.05, 0) is 24.7 Å². The first kappa shape index (κ1) is 14.9. The number of aliphatic hydroxyl groups excluding tert-OH is 1. The summed E-state index contributed by atoms with van der Waals surface area (Å²) in [5.74, 6) is 0.881. The number of benzene rings is 2. The van der Waals surface area contributed by atoms with Crippen molar-refractivity contribution in [1.82, 2.24) is 5.32 Å². The molecule has 2 aromatic carbocycles. The number of anilines is 1. The molecule has 1 heterocycles. The fourth-order valence-corrected chi connectivity index (χ4v) is 3.06. The Balaban J connectivity index is 2.00. The third-order valence-corrected chi connectivity index (χ3v) is 4.02. The Hall–Kier alpha value is -2.04. The number of hydrogen-bond donors (Lipinski definition) is 2. The number of likely N-dealkylation sites (N-methyl/N-ethyl adjacent to an activating group) is 1. The Morgan fingerprint density at radius 1 is 1.14 bits per heavy atom. The second kappa shape index (κ2) is 6.81. The van der Waals surface area contributed by atoms with Gasteiger partial charge in [-0.25, -0.2) is 0 Å². The van der Waals surface area contributed by atoms with Gasteiger partial charge in [0.15, 0.2) is 0 Å². The summed E-state index contributed by atoms with van der Waals surface area (Å²) in [5.41, 5.74) is 2.15. The summed E-state index contributed by atoms with van der Waals surface area (Å²) >= 11 is 0. The molecule has 3 rings (SSSR count). The largest absolute Gasteiger partial charge is 0.490 e. The molecule has 4 heteroatoms. The van der Waals surface area contributed by atoms with Gasteiger partial charge in [-0.3, -0.25) is 0 Å². The highest BCUT2D eigenvalue weighted by molar-refractivity contribution is 5.61. The van der Waals surface area contributed by atoms with Crippen LogP contribution in [0.15, 0.2) is 54.6 Å². The zero-order chi connectivity index (χ0) is 15.4. The maximum atomic E-state index is 10.7. The van der Waals surface area contributed by atoms with Gasteiger partial charge in [0.1, 0.15) is 12.4 Å². The van der Waals surface area contributed by atoms with Crippen molar-refractivity contribution in [2.75, 3.05) is 31.6 Å². The maximum absolute atomic E-state index is 10.7. The van der Waals surface area contributed by atoms with Crippen LogP contribution in [0.3, 0.4) is 0 Å². The normalized spacial score (nSPS) is 16.5. The van der Waals surface area contributed by atoms with Crippen molar-refractivity contribution in [2.24, 2.45) is 0 Å². The lowest BCUT2D eigenvalue weighted by atomic mass is 9.98. The molecule has 0 saturated carbocycles. The van der Waals surface area contributed by atoms with Crippen LogP contribution in [-0.2, 0) is 0 Å². The quantitative estimate of drug-likeness (QED) is 0.888. The van der Waals surface area contributed by atoms with Crippen LogP contribution in [0.25, 0.3) is 0 Å². The van der Waals surface area contributed by atoms with E-state index >= 15 is 0 Å². The summed E-state index contributed by atoms with van der Waals surface area (Å²) in [6.45, 7) is 1.93. The molecular formula is C18H22N2O2. The third kappa shape index (κ3) is 2.93. The van der Waals surface area contributed by atoms with Crippen LogP contribution < -0.4 is 15.0 Å². The van der Waals surface area contributed by atoms with Crippen LogP contribution in [0.5, 0.6) is 5.75 Å². The minimum absolute atomic E-state index is 0.0984. The fourth-order valence-electron chi connectivity index (χ4n) is 3.06. The predicted molar refractivity (Wildman–Crippen MR) is 88.4 cm³/mol. The molecule has 0 bridgehead atoms. The number of rotatable bonds is 5. The molecule has 2 N–H and O–H groups in total. The molecule has 0 aromatic heterocycles. The Morgan fingerprint density at radius 2 is 1.86 bits per heavy atom. The van der Waals surface area contributed by atoms with Crippen molar-refractivity contribution in [2.45, 2.75) is 12.1 Å². The Bertz CT molecular complexity index is 603. The highest BCUT2D eigenvalue weighted by Gasteiger charge is 2.31. The summed E-state index contributed by atoms with van der Waals surface area (Å²) in [5, 5.41) is 13.8. The number of aliphatic hydroxyl groups is 1. The van der Waals surface area contributed by atoms with Crippen molar-refractivity contribution in [3.05, 3.63) is 60.2 Å². The van der Waals surface area contributed by atoms with Crippen molar-refractivity contribution in [3.63, 3.8) is 0 Å². The zero-order valence-electron chi connectivity index (χ0n) is 12.8. The number of para-hydroxylation sites is 2. The summed E-state index contributed by atoms with van der Waals surface area (Å²) in [6, 6.07) is 18.1. The molecule has 1 aliphatic heterocycles. The van der Waals surface area contributed by atoms with Gasteiger partial charge in [0.05, 0.1) is 24.4 Å². The molecule has 1 aliphatic rings. The molecule has 0 fully saturated rings. The molecule has 22 heavy (non-hydrogen) atoms. The zero-order valence-corrected chi connectivity index (χ0v) is 12.8. The molecule has 0 radical (unpaired) electrons. The van der Waals surface area contributed by atoms with Gasteiger partial charge in [0.25, 0.3) is 0 Å². The number of ether oxygens (including phenoxy) is 1. The van der Waals surface area contributed by atoms with Crippen LogP contribution in [0.1, 0.15) is 11.6 Å². The van der Waals surface area contributed by atoms with E-state index in [1.54, 1.807) is 0 Å². The van der Waals surface area contributed by atoms with Crippen LogP contribution in [0, 0.1) is 0 Å². The van der Waals surface area contributed by atoms with E-state index in [2.05, 4.69) is 28.4 Å².